The van der Waals surface area contributed by atoms with E-state index in [1.807, 2.05) is 87.2 Å². The van der Waals surface area contributed by atoms with Crippen molar-refractivity contribution in [2.24, 2.45) is 0 Å². The van der Waals surface area contributed by atoms with E-state index in [1.165, 1.54) is 0 Å². The van der Waals surface area contributed by atoms with Crippen LogP contribution in [0, 0.1) is 32.1 Å². The van der Waals surface area contributed by atoms with Crippen molar-refractivity contribution in [1.82, 2.24) is 5.16 Å². The first-order valence-electron chi connectivity index (χ1n) is 13.9. The summed E-state index contributed by atoms with van der Waals surface area (Å²) in [6.07, 6.45) is 6.16. The predicted molar refractivity (Wildman–Crippen MR) is 168 cm³/mol. The minimum absolute atomic E-state index is 0.164. The Kier molecular flexibility index (Phi) is 9.08. The summed E-state index contributed by atoms with van der Waals surface area (Å²) in [6, 6.07) is 15.7. The summed E-state index contributed by atoms with van der Waals surface area (Å²) in [4.78, 5) is 0.241. The van der Waals surface area contributed by atoms with Crippen molar-refractivity contribution in [2.75, 3.05) is 10.8 Å². The molecule has 0 saturated heterocycles. The van der Waals surface area contributed by atoms with Gasteiger partial charge in [-0.05, 0) is 95.9 Å². The number of hydrogen-bond donors (Lipinski definition) is 0. The van der Waals surface area contributed by atoms with Crippen molar-refractivity contribution >= 4 is 33.1 Å². The molecule has 42 heavy (non-hydrogen) atoms. The van der Waals surface area contributed by atoms with Crippen LogP contribution in [0.4, 0.5) is 11.4 Å². The Morgan fingerprint density at radius 3 is 2.36 bits per heavy atom. The average Bonchev–Trinajstić information content (AvgIpc) is 3.26. The smallest absolute Gasteiger partial charge is 0.296 e. The van der Waals surface area contributed by atoms with Gasteiger partial charge in [-0.15, -0.1) is 11.6 Å². The van der Waals surface area contributed by atoms with E-state index in [9.17, 15) is 13.7 Å². The van der Waals surface area contributed by atoms with Crippen LogP contribution >= 0.6 is 11.6 Å². The first-order valence-corrected chi connectivity index (χ1v) is 15.9. The van der Waals surface area contributed by atoms with E-state index in [1.54, 1.807) is 26.8 Å². The molecule has 2 unspecified atom stereocenters. The number of benzene rings is 2. The fourth-order valence-corrected chi connectivity index (χ4v) is 7.27. The van der Waals surface area contributed by atoms with Gasteiger partial charge in [-0.2, -0.15) is 13.7 Å². The minimum Gasteiger partial charge on any atom is -0.361 e. The van der Waals surface area contributed by atoms with Gasteiger partial charge in [-0.25, -0.2) is 0 Å². The maximum absolute atomic E-state index is 14.4. The van der Waals surface area contributed by atoms with Gasteiger partial charge >= 0.3 is 0 Å². The largest absolute Gasteiger partial charge is 0.361 e. The third kappa shape index (κ3) is 6.19. The molecule has 2 aromatic carbocycles. The van der Waals surface area contributed by atoms with Crippen LogP contribution in [-0.2, 0) is 14.3 Å². The lowest BCUT2D eigenvalue weighted by Gasteiger charge is -2.44. The molecule has 0 amide bonds. The number of allylic oxidation sites excluding steroid dienone is 2. The van der Waals surface area contributed by atoms with Gasteiger partial charge in [0, 0.05) is 29.2 Å². The Bertz CT molecular complexity index is 1640. The van der Waals surface area contributed by atoms with Gasteiger partial charge < -0.3 is 9.42 Å². The Morgan fingerprint density at radius 2 is 1.83 bits per heavy atom. The van der Waals surface area contributed by atoms with Crippen LogP contribution in [0.3, 0.4) is 0 Å². The number of nitriles is 1. The molecule has 0 N–H and O–H groups in total. The number of alkyl halides is 1. The van der Waals surface area contributed by atoms with E-state index < -0.39 is 20.6 Å². The number of hydrogen-bond acceptors (Lipinski definition) is 7. The van der Waals surface area contributed by atoms with Gasteiger partial charge in [0.2, 0.25) is 0 Å². The molecule has 0 fully saturated rings. The van der Waals surface area contributed by atoms with Gasteiger partial charge in [-0.3, -0.25) is 4.18 Å². The highest BCUT2D eigenvalue weighted by molar-refractivity contribution is 7.88. The van der Waals surface area contributed by atoms with Crippen LogP contribution in [0.2, 0.25) is 0 Å². The maximum Gasteiger partial charge on any atom is 0.296 e. The van der Waals surface area contributed by atoms with Crippen molar-refractivity contribution < 1.29 is 17.1 Å². The van der Waals surface area contributed by atoms with Crippen molar-refractivity contribution in [2.45, 2.75) is 77.7 Å². The highest BCUT2D eigenvalue weighted by Gasteiger charge is 2.51. The third-order valence-corrected chi connectivity index (χ3v) is 9.66. The Morgan fingerprint density at radius 1 is 1.14 bits per heavy atom. The van der Waals surface area contributed by atoms with E-state index in [0.29, 0.717) is 29.4 Å². The number of nitrogens with zero attached hydrogens (tertiary/aromatic N) is 3. The van der Waals surface area contributed by atoms with Crippen molar-refractivity contribution in [3.05, 3.63) is 88.8 Å². The van der Waals surface area contributed by atoms with Crippen LogP contribution in [0.5, 0.6) is 0 Å². The number of aromatic nitrogens is 1. The molecule has 0 saturated carbocycles. The molecule has 0 spiro atoms. The van der Waals surface area contributed by atoms with E-state index in [0.717, 1.165) is 33.5 Å². The Hall–Kier alpha value is -3.38. The van der Waals surface area contributed by atoms with Crippen molar-refractivity contribution in [1.29, 1.82) is 5.26 Å². The molecule has 222 valence electrons. The van der Waals surface area contributed by atoms with Gasteiger partial charge in [0.05, 0.1) is 23.3 Å². The summed E-state index contributed by atoms with van der Waals surface area (Å²) in [5.41, 5.74) is 5.49. The lowest BCUT2D eigenvalue weighted by Crippen LogP contribution is -2.54. The second-order valence-electron chi connectivity index (χ2n) is 11.8. The van der Waals surface area contributed by atoms with Crippen LogP contribution in [0.25, 0.3) is 11.1 Å². The summed E-state index contributed by atoms with van der Waals surface area (Å²) in [6.45, 7) is 12.8. The molecule has 2 atom stereocenters. The van der Waals surface area contributed by atoms with Gasteiger partial charge in [-0.1, -0.05) is 47.1 Å². The highest BCUT2D eigenvalue weighted by atomic mass is 35.5. The molecule has 1 heterocycles. The maximum atomic E-state index is 14.4. The molecule has 7 nitrogen and oxygen atoms in total. The van der Waals surface area contributed by atoms with Gasteiger partial charge in [0.15, 0.2) is 4.87 Å². The lowest BCUT2D eigenvalue weighted by atomic mass is 9.95. The number of rotatable bonds is 9. The Labute approximate surface area is 254 Å². The second-order valence-corrected chi connectivity index (χ2v) is 13.9. The quantitative estimate of drug-likeness (QED) is 0.178. The normalized spacial score (nSPS) is 17.9. The van der Waals surface area contributed by atoms with Crippen LogP contribution in [0.15, 0.2) is 70.8 Å². The van der Waals surface area contributed by atoms with Crippen molar-refractivity contribution in [3.8, 4) is 17.2 Å². The molecular formula is C33H38ClN3O4S. The van der Waals surface area contributed by atoms with Crippen molar-refractivity contribution in [3.63, 3.8) is 0 Å². The zero-order valence-electron chi connectivity index (χ0n) is 25.2. The molecule has 0 aliphatic heterocycles. The lowest BCUT2D eigenvalue weighted by molar-refractivity contribution is 0.134. The fourth-order valence-electron chi connectivity index (χ4n) is 5.30. The summed E-state index contributed by atoms with van der Waals surface area (Å²) < 4.78 is 40.2. The number of anilines is 2. The van der Waals surface area contributed by atoms with E-state index in [4.69, 9.17) is 20.3 Å². The summed E-state index contributed by atoms with van der Waals surface area (Å²) in [7, 11) is -4.27. The van der Waals surface area contributed by atoms with E-state index >= 15 is 0 Å². The summed E-state index contributed by atoms with van der Waals surface area (Å²) in [5.74, 6) is 0.674. The number of halogens is 1. The predicted octanol–water partition coefficient (Wildman–Crippen LogP) is 8.39. The van der Waals surface area contributed by atoms with Crippen LogP contribution < -0.4 is 4.90 Å². The summed E-state index contributed by atoms with van der Waals surface area (Å²) in [5, 5.41) is 13.8. The topological polar surface area (TPSA) is 96.4 Å². The molecule has 1 aliphatic carbocycles. The molecule has 0 bridgehead atoms. The first-order chi connectivity index (χ1) is 19.7. The molecular weight excluding hydrogens is 570 g/mol. The van der Waals surface area contributed by atoms with Crippen LogP contribution in [0.1, 0.15) is 69.0 Å². The zero-order chi connectivity index (χ0) is 30.9. The van der Waals surface area contributed by atoms with Gasteiger partial charge in [0.1, 0.15) is 5.76 Å². The van der Waals surface area contributed by atoms with Crippen LogP contribution in [-0.4, -0.2) is 29.9 Å². The molecule has 1 aromatic heterocycles. The summed E-state index contributed by atoms with van der Waals surface area (Å²) >= 11 is 5.95. The standard InChI is InChI=1S/C33H38ClN3O4S/c1-22-14-17-33(18-15-22,42(38,39)41-32(5,6)7)37(29-12-10-26(11-13-29)28(21-35)16-19-34)30-20-27(9-8-23(30)2)31-24(3)36-40-25(31)4/h8-15,17,20,28H,16,18-19H2,1-7H3. The SMILES string of the molecule is CC1=CCC(N(c2ccc(C(C#N)CCCl)cc2)c2cc(-c3c(C)noc3C)ccc2C)(S(=O)(=O)OC(C)(C)C)C=C1. The second kappa shape index (κ2) is 12.1. The van der Waals surface area contributed by atoms with E-state index in [-0.39, 0.29) is 12.3 Å². The zero-order valence-corrected chi connectivity index (χ0v) is 26.8. The molecule has 4 rings (SSSR count). The molecule has 3 aromatic rings. The monoisotopic (exact) mass is 607 g/mol. The molecule has 1 aliphatic rings. The first kappa shape index (κ1) is 31.6. The van der Waals surface area contributed by atoms with Gasteiger partial charge in [0.25, 0.3) is 10.1 Å². The fraction of sp³-hybridized carbons (Fsp3) is 0.394. The molecule has 9 heteroatoms. The Balaban J connectivity index is 2.02. The average molecular weight is 608 g/mol. The van der Waals surface area contributed by atoms with E-state index in [2.05, 4.69) is 11.2 Å². The third-order valence-electron chi connectivity index (χ3n) is 7.37. The molecule has 0 radical (unpaired) electrons. The number of aryl methyl sites for hydroxylation is 3. The minimum atomic E-state index is -4.27. The highest BCUT2D eigenvalue weighted by Crippen LogP contribution is 2.46.